The van der Waals surface area contributed by atoms with Crippen LogP contribution < -0.4 is 0 Å². The van der Waals surface area contributed by atoms with E-state index in [4.69, 9.17) is 0 Å². The van der Waals surface area contributed by atoms with Gasteiger partial charge in [-0.15, -0.1) is 0 Å². The Hall–Kier alpha value is -1.82. The van der Waals surface area contributed by atoms with Gasteiger partial charge in [-0.05, 0) is 60.2 Å². The molecule has 0 bridgehead atoms. The molecule has 0 radical (unpaired) electrons. The van der Waals surface area contributed by atoms with E-state index >= 15 is 4.39 Å². The smallest absolute Gasteiger partial charge is 0.372 e. The number of allylic oxidation sites excluding steroid dienone is 4. The fraction of sp³-hybridized carbons (Fsp3) is 0.682. The number of hydrogen-bond donors (Lipinski definition) is 2. The molecule has 3 unspecified atom stereocenters. The van der Waals surface area contributed by atoms with Gasteiger partial charge < -0.3 is 10.2 Å². The van der Waals surface area contributed by atoms with Gasteiger partial charge in [0.15, 0.2) is 5.78 Å². The third-order valence-corrected chi connectivity index (χ3v) is 8.31. The number of carboxylic acids is 1. The molecule has 3 fully saturated rings. The molecule has 4 aliphatic rings. The maximum Gasteiger partial charge on any atom is 0.372 e. The molecule has 0 aliphatic heterocycles. The number of aliphatic hydroxyl groups is 1. The van der Waals surface area contributed by atoms with Crippen LogP contribution in [-0.2, 0) is 14.4 Å². The van der Waals surface area contributed by atoms with Gasteiger partial charge in [0, 0.05) is 17.3 Å². The summed E-state index contributed by atoms with van der Waals surface area (Å²) < 4.78 is 15.2. The number of carboxylic acid groups (broad SMARTS) is 1. The van der Waals surface area contributed by atoms with Gasteiger partial charge >= 0.3 is 5.97 Å². The van der Waals surface area contributed by atoms with Crippen molar-refractivity contribution in [3.8, 4) is 0 Å². The fourth-order valence-electron chi connectivity index (χ4n) is 7.39. The van der Waals surface area contributed by atoms with Crippen LogP contribution in [0.3, 0.4) is 0 Å². The summed E-state index contributed by atoms with van der Waals surface area (Å²) >= 11 is 0. The number of aliphatic hydroxyl groups excluding tert-OH is 1. The monoisotopic (exact) mass is 390 g/mol. The predicted molar refractivity (Wildman–Crippen MR) is 99.0 cm³/mol. The Morgan fingerprint density at radius 2 is 1.93 bits per heavy atom. The number of aliphatic carboxylic acids is 1. The molecule has 0 aromatic carbocycles. The Bertz CT molecular complexity index is 816. The first-order valence-electron chi connectivity index (χ1n) is 10.0. The van der Waals surface area contributed by atoms with Crippen molar-refractivity contribution in [2.24, 2.45) is 40.4 Å². The molecule has 0 amide bonds. The van der Waals surface area contributed by atoms with Gasteiger partial charge in [0.1, 0.15) is 6.17 Å². The molecule has 0 aromatic rings. The summed E-state index contributed by atoms with van der Waals surface area (Å²) in [4.78, 5) is 35.7. The van der Waals surface area contributed by atoms with Crippen LogP contribution in [0.5, 0.6) is 0 Å². The molecule has 6 heteroatoms. The molecular weight excluding hydrogens is 363 g/mol. The topological polar surface area (TPSA) is 91.7 Å². The molecular formula is C22H27FO5. The van der Waals surface area contributed by atoms with Crippen molar-refractivity contribution in [3.05, 3.63) is 23.8 Å². The molecule has 3 saturated carbocycles. The average molecular weight is 390 g/mol. The van der Waals surface area contributed by atoms with E-state index in [2.05, 4.69) is 0 Å². The molecule has 4 aliphatic carbocycles. The zero-order valence-electron chi connectivity index (χ0n) is 16.4. The number of carbonyl (C=O) groups excluding carboxylic acids is 2. The van der Waals surface area contributed by atoms with E-state index in [0.29, 0.717) is 18.4 Å². The minimum Gasteiger partial charge on any atom is -0.475 e. The number of alkyl halides is 1. The SMILES string of the molecule is C[C@@H]1C[C@H]2C3C[C@H](F)C4=CC(=O)C=C[C@]4(C)C3C(O)C[C@]2(C)[C@H]1C(=O)C(=O)O. The van der Waals surface area contributed by atoms with Crippen molar-refractivity contribution >= 4 is 17.5 Å². The Kier molecular flexibility index (Phi) is 4.24. The molecule has 5 nitrogen and oxygen atoms in total. The maximum absolute atomic E-state index is 15.2. The summed E-state index contributed by atoms with van der Waals surface area (Å²) in [6, 6.07) is 0. The highest BCUT2D eigenvalue weighted by Gasteiger charge is 2.66. The first-order valence-corrected chi connectivity index (χ1v) is 10.0. The van der Waals surface area contributed by atoms with E-state index < -0.39 is 40.8 Å². The second kappa shape index (κ2) is 6.09. The average Bonchev–Trinajstić information content (AvgIpc) is 2.85. The van der Waals surface area contributed by atoms with E-state index in [-0.39, 0.29) is 35.9 Å². The lowest BCUT2D eigenvalue weighted by atomic mass is 9.46. The summed E-state index contributed by atoms with van der Waals surface area (Å²) in [5.74, 6) is -3.72. The van der Waals surface area contributed by atoms with Crippen molar-refractivity contribution in [1.29, 1.82) is 0 Å². The quantitative estimate of drug-likeness (QED) is 0.708. The molecule has 0 aromatic heterocycles. The van der Waals surface area contributed by atoms with Crippen molar-refractivity contribution in [3.63, 3.8) is 0 Å². The van der Waals surface area contributed by atoms with E-state index in [1.54, 1.807) is 6.08 Å². The number of ketones is 2. The third kappa shape index (κ3) is 2.43. The Labute approximate surface area is 163 Å². The van der Waals surface area contributed by atoms with E-state index in [1.807, 2.05) is 20.8 Å². The summed E-state index contributed by atoms with van der Waals surface area (Å²) in [6.45, 7) is 5.67. The molecule has 0 heterocycles. The van der Waals surface area contributed by atoms with Crippen molar-refractivity contribution in [2.45, 2.75) is 52.3 Å². The highest BCUT2D eigenvalue weighted by atomic mass is 19.1. The second-order valence-electron chi connectivity index (χ2n) is 9.75. The van der Waals surface area contributed by atoms with Crippen LogP contribution in [0.25, 0.3) is 0 Å². The number of fused-ring (bicyclic) bond motifs is 5. The van der Waals surface area contributed by atoms with Crippen LogP contribution in [0.15, 0.2) is 23.8 Å². The number of Topliss-reactive ketones (excluding diaryl/α,β-unsaturated/α-hetero) is 1. The number of halogens is 1. The Balaban J connectivity index is 1.77. The normalized spacial score (nSPS) is 49.7. The number of hydrogen-bond acceptors (Lipinski definition) is 4. The lowest BCUT2D eigenvalue weighted by molar-refractivity contribution is -0.159. The zero-order chi connectivity index (χ0) is 20.6. The Morgan fingerprint density at radius 3 is 2.57 bits per heavy atom. The van der Waals surface area contributed by atoms with Crippen molar-refractivity contribution in [2.75, 3.05) is 0 Å². The van der Waals surface area contributed by atoms with Gasteiger partial charge in [-0.2, -0.15) is 0 Å². The first-order chi connectivity index (χ1) is 13.0. The minimum atomic E-state index is -1.44. The number of rotatable bonds is 2. The molecule has 0 saturated heterocycles. The highest BCUT2D eigenvalue weighted by molar-refractivity contribution is 6.33. The fourth-order valence-corrected chi connectivity index (χ4v) is 7.39. The summed E-state index contributed by atoms with van der Waals surface area (Å²) in [5, 5.41) is 20.5. The van der Waals surface area contributed by atoms with Crippen LogP contribution in [0, 0.1) is 40.4 Å². The van der Waals surface area contributed by atoms with Gasteiger partial charge in [-0.25, -0.2) is 9.18 Å². The number of carbonyl (C=O) groups is 3. The summed E-state index contributed by atoms with van der Waals surface area (Å²) in [5.41, 5.74) is -0.969. The van der Waals surface area contributed by atoms with Crippen molar-refractivity contribution < 1.29 is 29.0 Å². The second-order valence-corrected chi connectivity index (χ2v) is 9.75. The Morgan fingerprint density at radius 1 is 1.25 bits per heavy atom. The summed E-state index contributed by atoms with van der Waals surface area (Å²) in [7, 11) is 0. The van der Waals surface area contributed by atoms with Crippen LogP contribution >= 0.6 is 0 Å². The molecule has 0 spiro atoms. The largest absolute Gasteiger partial charge is 0.475 e. The van der Waals surface area contributed by atoms with Crippen LogP contribution in [0.4, 0.5) is 4.39 Å². The van der Waals surface area contributed by atoms with Crippen molar-refractivity contribution in [1.82, 2.24) is 0 Å². The lowest BCUT2D eigenvalue weighted by Gasteiger charge is -2.59. The van der Waals surface area contributed by atoms with Gasteiger partial charge in [0.2, 0.25) is 5.78 Å². The minimum absolute atomic E-state index is 0.0353. The van der Waals surface area contributed by atoms with Crippen LogP contribution in [-0.4, -0.2) is 40.0 Å². The van der Waals surface area contributed by atoms with E-state index in [9.17, 15) is 24.6 Å². The molecule has 9 atom stereocenters. The van der Waals surface area contributed by atoms with Gasteiger partial charge in [-0.1, -0.05) is 26.8 Å². The highest BCUT2D eigenvalue weighted by Crippen LogP contribution is 2.67. The van der Waals surface area contributed by atoms with E-state index in [1.165, 1.54) is 12.2 Å². The third-order valence-electron chi connectivity index (χ3n) is 8.31. The molecule has 28 heavy (non-hydrogen) atoms. The van der Waals surface area contributed by atoms with Gasteiger partial charge in [0.05, 0.1) is 6.10 Å². The van der Waals surface area contributed by atoms with Crippen LogP contribution in [0.1, 0.15) is 40.0 Å². The maximum atomic E-state index is 15.2. The standard InChI is InChI=1S/C22H27FO5/c1-10-6-13-12-8-15(23)14-7-11(24)4-5-21(14,2)18(12)16(25)9-22(13,3)17(10)19(26)20(27)28/h4-5,7,10,12-13,15-18,25H,6,8-9H2,1-3H3,(H,27,28)/t10-,12?,13+,15+,16?,17-,18?,21+,22+/m1/s1. The molecule has 152 valence electrons. The van der Waals surface area contributed by atoms with E-state index in [0.717, 1.165) is 0 Å². The molecule has 2 N–H and O–H groups in total. The lowest BCUT2D eigenvalue weighted by Crippen LogP contribution is -2.58. The molecule has 4 rings (SSSR count). The zero-order valence-corrected chi connectivity index (χ0v) is 16.4. The first kappa shape index (κ1) is 19.5. The summed E-state index contributed by atoms with van der Waals surface area (Å²) in [6.07, 6.45) is 3.65. The predicted octanol–water partition coefficient (Wildman–Crippen LogP) is 2.73. The van der Waals surface area contributed by atoms with Crippen LogP contribution in [0.2, 0.25) is 0 Å². The van der Waals surface area contributed by atoms with Gasteiger partial charge in [-0.3, -0.25) is 9.59 Å². The van der Waals surface area contributed by atoms with Gasteiger partial charge in [0.25, 0.3) is 0 Å².